The van der Waals surface area contributed by atoms with Crippen molar-refractivity contribution >= 4 is 23.3 Å². The topological polar surface area (TPSA) is 87.7 Å². The molecule has 1 heterocycles. The van der Waals surface area contributed by atoms with E-state index in [9.17, 15) is 9.59 Å². The van der Waals surface area contributed by atoms with Gasteiger partial charge in [0.15, 0.2) is 6.61 Å². The Kier molecular flexibility index (Phi) is 4.16. The molecule has 2 amide bonds. The monoisotopic (exact) mass is 270 g/mol. The van der Waals surface area contributed by atoms with Crippen molar-refractivity contribution in [2.75, 3.05) is 6.61 Å². The number of thiophene rings is 1. The lowest BCUT2D eigenvalue weighted by Gasteiger charge is -2.23. The van der Waals surface area contributed by atoms with Crippen LogP contribution in [0.1, 0.15) is 29.3 Å². The first-order valence-electron chi connectivity index (χ1n) is 5.63. The van der Waals surface area contributed by atoms with E-state index in [4.69, 9.17) is 5.11 Å². The molecule has 1 atom stereocenters. The zero-order valence-electron chi connectivity index (χ0n) is 9.64. The Balaban J connectivity index is 1.84. The van der Waals surface area contributed by atoms with E-state index in [1.165, 1.54) is 4.88 Å². The molecule has 6 nitrogen and oxygen atoms in total. The molecule has 0 spiro atoms. The van der Waals surface area contributed by atoms with Gasteiger partial charge in [0.1, 0.15) is 0 Å². The summed E-state index contributed by atoms with van der Waals surface area (Å²) >= 11 is 1.70. The number of carbonyl (C=O) groups is 2. The highest BCUT2D eigenvalue weighted by Crippen LogP contribution is 2.32. The number of urea groups is 1. The quantitative estimate of drug-likeness (QED) is 0.722. The van der Waals surface area contributed by atoms with Gasteiger partial charge in [-0.2, -0.15) is 0 Å². The van der Waals surface area contributed by atoms with Gasteiger partial charge < -0.3 is 10.4 Å². The summed E-state index contributed by atoms with van der Waals surface area (Å²) in [6.07, 6.45) is 2.98. The van der Waals surface area contributed by atoms with Gasteiger partial charge in [0.25, 0.3) is 0 Å². The first-order chi connectivity index (χ1) is 8.66. The van der Waals surface area contributed by atoms with Gasteiger partial charge in [-0.1, -0.05) is 0 Å². The van der Waals surface area contributed by atoms with Crippen molar-refractivity contribution in [3.8, 4) is 0 Å². The minimum atomic E-state index is -1.13. The van der Waals surface area contributed by atoms with Crippen LogP contribution in [0.4, 0.5) is 4.79 Å². The van der Waals surface area contributed by atoms with Gasteiger partial charge in [-0.15, -0.1) is 11.3 Å². The summed E-state index contributed by atoms with van der Waals surface area (Å²) in [5.74, 6) is -1.13. The molecule has 1 aliphatic rings. The van der Waals surface area contributed by atoms with E-state index < -0.39 is 18.6 Å². The van der Waals surface area contributed by atoms with Crippen molar-refractivity contribution in [2.24, 2.45) is 0 Å². The van der Waals surface area contributed by atoms with Crippen LogP contribution in [-0.4, -0.2) is 23.7 Å². The fourth-order valence-electron chi connectivity index (χ4n) is 1.99. The van der Waals surface area contributed by atoms with E-state index in [1.54, 1.807) is 11.3 Å². The highest BCUT2D eigenvalue weighted by molar-refractivity contribution is 7.10. The number of nitrogens with one attached hydrogen (secondary N) is 2. The van der Waals surface area contributed by atoms with Crippen molar-refractivity contribution < 1.29 is 19.5 Å². The molecule has 1 aliphatic carbocycles. The number of amides is 2. The Bertz CT molecular complexity index is 446. The lowest BCUT2D eigenvalue weighted by Crippen LogP contribution is -2.39. The normalized spacial score (nSPS) is 17.9. The number of fused-ring (bicyclic) bond motifs is 1. The molecule has 1 aromatic heterocycles. The summed E-state index contributed by atoms with van der Waals surface area (Å²) in [4.78, 5) is 27.5. The number of hydrogen-bond donors (Lipinski definition) is 3. The predicted octanol–water partition coefficient (Wildman–Crippen LogP) is 1.44. The maximum absolute atomic E-state index is 11.5. The fraction of sp³-hybridized carbons (Fsp3) is 0.455. The fourth-order valence-corrected chi connectivity index (χ4v) is 2.97. The lowest BCUT2D eigenvalue weighted by molar-refractivity contribution is -0.144. The van der Waals surface area contributed by atoms with Crippen LogP contribution >= 0.6 is 11.3 Å². The molecular formula is C11H14N2O4S. The van der Waals surface area contributed by atoms with Crippen molar-refractivity contribution in [2.45, 2.75) is 25.3 Å². The first-order valence-corrected chi connectivity index (χ1v) is 6.51. The number of carbonyl (C=O) groups excluding carboxylic acids is 1. The Labute approximate surface area is 108 Å². The number of carboxylic acids is 1. The summed E-state index contributed by atoms with van der Waals surface area (Å²) in [6.45, 7) is -0.554. The van der Waals surface area contributed by atoms with Crippen molar-refractivity contribution in [3.63, 3.8) is 0 Å². The summed E-state index contributed by atoms with van der Waals surface area (Å²) in [6, 6.07) is 1.48. The minimum Gasteiger partial charge on any atom is -0.479 e. The number of carboxylic acid groups (broad SMARTS) is 1. The molecule has 18 heavy (non-hydrogen) atoms. The SMILES string of the molecule is O=C(O)CONC(=O)NC1CCCc2sccc21. The molecule has 1 aromatic rings. The van der Waals surface area contributed by atoms with E-state index in [0.29, 0.717) is 0 Å². The van der Waals surface area contributed by atoms with Crippen LogP contribution in [0.5, 0.6) is 0 Å². The zero-order valence-corrected chi connectivity index (χ0v) is 10.5. The molecule has 0 fully saturated rings. The van der Waals surface area contributed by atoms with E-state index >= 15 is 0 Å². The van der Waals surface area contributed by atoms with Crippen molar-refractivity contribution in [1.29, 1.82) is 0 Å². The highest BCUT2D eigenvalue weighted by Gasteiger charge is 2.22. The third-order valence-electron chi connectivity index (χ3n) is 2.72. The van der Waals surface area contributed by atoms with Crippen molar-refractivity contribution in [1.82, 2.24) is 10.8 Å². The second kappa shape index (κ2) is 5.83. The highest BCUT2D eigenvalue weighted by atomic mass is 32.1. The number of aryl methyl sites for hydroxylation is 1. The third kappa shape index (κ3) is 3.21. The van der Waals surface area contributed by atoms with Crippen LogP contribution in [0, 0.1) is 0 Å². The molecule has 0 aliphatic heterocycles. The molecule has 0 bridgehead atoms. The number of rotatable bonds is 4. The average Bonchev–Trinajstić information content (AvgIpc) is 2.77. The molecule has 2 rings (SSSR count). The smallest absolute Gasteiger partial charge is 0.339 e. The number of aliphatic carboxylic acids is 1. The van der Waals surface area contributed by atoms with Gasteiger partial charge in [0.05, 0.1) is 6.04 Å². The van der Waals surface area contributed by atoms with Gasteiger partial charge in [-0.3, -0.25) is 4.84 Å². The molecule has 3 N–H and O–H groups in total. The third-order valence-corrected chi connectivity index (χ3v) is 3.71. The second-order valence-corrected chi connectivity index (χ2v) is 5.00. The standard InChI is InChI=1S/C11H14N2O4S/c14-10(15)6-17-13-11(16)12-8-2-1-3-9-7(8)4-5-18-9/h4-5,8H,1-3,6H2,(H,14,15)(H2,12,13,16). The summed E-state index contributed by atoms with van der Waals surface area (Å²) in [5.41, 5.74) is 3.21. The van der Waals surface area contributed by atoms with E-state index in [2.05, 4.69) is 15.6 Å². The van der Waals surface area contributed by atoms with Crippen LogP contribution in [-0.2, 0) is 16.1 Å². The number of hydroxylamine groups is 1. The Morgan fingerprint density at radius 2 is 2.39 bits per heavy atom. The molecule has 98 valence electrons. The second-order valence-electron chi connectivity index (χ2n) is 4.00. The average molecular weight is 270 g/mol. The number of hydrogen-bond acceptors (Lipinski definition) is 4. The maximum Gasteiger partial charge on any atom is 0.339 e. The van der Waals surface area contributed by atoms with E-state index in [1.807, 2.05) is 11.4 Å². The van der Waals surface area contributed by atoms with E-state index in [-0.39, 0.29) is 6.04 Å². The molecule has 0 saturated carbocycles. The molecular weight excluding hydrogens is 256 g/mol. The first kappa shape index (κ1) is 12.8. The van der Waals surface area contributed by atoms with Crippen molar-refractivity contribution in [3.05, 3.63) is 21.9 Å². The van der Waals surface area contributed by atoms with Crippen LogP contribution in [0.2, 0.25) is 0 Å². The summed E-state index contributed by atoms with van der Waals surface area (Å²) in [5, 5.41) is 13.1. The Morgan fingerprint density at radius 1 is 1.56 bits per heavy atom. The van der Waals surface area contributed by atoms with Gasteiger partial charge >= 0.3 is 12.0 Å². The lowest BCUT2D eigenvalue weighted by atomic mass is 9.94. The maximum atomic E-state index is 11.5. The van der Waals surface area contributed by atoms with Crippen LogP contribution < -0.4 is 10.8 Å². The van der Waals surface area contributed by atoms with Gasteiger partial charge in [-0.25, -0.2) is 15.1 Å². The summed E-state index contributed by atoms with van der Waals surface area (Å²) in [7, 11) is 0. The molecule has 0 saturated heterocycles. The summed E-state index contributed by atoms with van der Waals surface area (Å²) < 4.78 is 0. The molecule has 0 radical (unpaired) electrons. The van der Waals surface area contributed by atoms with Gasteiger partial charge in [0.2, 0.25) is 0 Å². The largest absolute Gasteiger partial charge is 0.479 e. The Hall–Kier alpha value is -1.60. The zero-order chi connectivity index (χ0) is 13.0. The predicted molar refractivity (Wildman–Crippen MR) is 65.3 cm³/mol. The molecule has 7 heteroatoms. The molecule has 0 aromatic carbocycles. The minimum absolute atomic E-state index is 0.0200. The van der Waals surface area contributed by atoms with Crippen LogP contribution in [0.3, 0.4) is 0 Å². The Morgan fingerprint density at radius 3 is 3.17 bits per heavy atom. The van der Waals surface area contributed by atoms with Crippen LogP contribution in [0.15, 0.2) is 11.4 Å². The van der Waals surface area contributed by atoms with Gasteiger partial charge in [-0.05, 0) is 36.3 Å². The molecule has 1 unspecified atom stereocenters. The van der Waals surface area contributed by atoms with Crippen LogP contribution in [0.25, 0.3) is 0 Å². The van der Waals surface area contributed by atoms with Gasteiger partial charge in [0, 0.05) is 4.88 Å². The van der Waals surface area contributed by atoms with E-state index in [0.717, 1.165) is 24.8 Å².